The summed E-state index contributed by atoms with van der Waals surface area (Å²) in [4.78, 5) is 23.7. The number of alkyl carbamates (subject to hydrolysis) is 1. The van der Waals surface area contributed by atoms with Crippen LogP contribution in [0.5, 0.6) is 0 Å². The van der Waals surface area contributed by atoms with E-state index in [1.807, 2.05) is 6.92 Å². The number of ketones is 1. The van der Waals surface area contributed by atoms with E-state index >= 15 is 0 Å². The van der Waals surface area contributed by atoms with Gasteiger partial charge in [-0.25, -0.2) is 4.79 Å². The molecule has 0 aliphatic carbocycles. The Balaban J connectivity index is 2.30. The molecule has 0 aliphatic heterocycles. The molecule has 0 atom stereocenters. The van der Waals surface area contributed by atoms with E-state index in [9.17, 15) is 9.59 Å². The van der Waals surface area contributed by atoms with E-state index in [2.05, 4.69) is 9.69 Å². The Kier molecular flexibility index (Phi) is 4.84. The van der Waals surface area contributed by atoms with Crippen LogP contribution in [0.25, 0.3) is 0 Å². The van der Waals surface area contributed by atoms with Crippen LogP contribution in [-0.2, 0) is 4.74 Å². The topological polar surface area (TPSA) is 68.3 Å². The number of ether oxygens (including phenoxy) is 1. The van der Waals surface area contributed by atoms with E-state index in [1.165, 1.54) is 11.5 Å². The fraction of sp³-hybridized carbons (Fsp3) is 0.583. The normalized spacial score (nSPS) is 11.1. The van der Waals surface area contributed by atoms with Crippen molar-refractivity contribution < 1.29 is 14.3 Å². The van der Waals surface area contributed by atoms with Gasteiger partial charge in [0.2, 0.25) is 0 Å². The predicted molar refractivity (Wildman–Crippen MR) is 70.0 cm³/mol. The summed E-state index contributed by atoms with van der Waals surface area (Å²) in [6, 6.07) is 1.75. The van der Waals surface area contributed by atoms with Gasteiger partial charge in [-0.05, 0) is 45.3 Å². The largest absolute Gasteiger partial charge is 0.444 e. The van der Waals surface area contributed by atoms with Crippen molar-refractivity contribution in [3.8, 4) is 0 Å². The standard InChI is InChI=1S/C12H18N2O3S/c1-8-7-10(18-14-8)9(15)5-6-13-11(16)17-12(2,3)4/h7H,5-6H2,1-4H3,(H,13,16). The number of carbonyl (C=O) groups excluding carboxylic acids is 2. The minimum Gasteiger partial charge on any atom is -0.444 e. The molecule has 0 fully saturated rings. The summed E-state index contributed by atoms with van der Waals surface area (Å²) in [7, 11) is 0. The maximum Gasteiger partial charge on any atom is 0.407 e. The van der Waals surface area contributed by atoms with Gasteiger partial charge in [0.25, 0.3) is 0 Å². The van der Waals surface area contributed by atoms with Gasteiger partial charge in [0, 0.05) is 13.0 Å². The van der Waals surface area contributed by atoms with Gasteiger partial charge in [0.1, 0.15) is 5.60 Å². The van der Waals surface area contributed by atoms with Gasteiger partial charge < -0.3 is 10.1 Å². The van der Waals surface area contributed by atoms with Crippen LogP contribution in [0, 0.1) is 6.92 Å². The van der Waals surface area contributed by atoms with Crippen molar-refractivity contribution >= 4 is 23.4 Å². The third-order valence-electron chi connectivity index (χ3n) is 1.92. The molecule has 0 bridgehead atoms. The molecule has 0 unspecified atom stereocenters. The second-order valence-corrected chi connectivity index (χ2v) is 5.74. The zero-order chi connectivity index (χ0) is 13.8. The summed E-state index contributed by atoms with van der Waals surface area (Å²) >= 11 is 1.18. The molecule has 1 N–H and O–H groups in total. The number of nitrogens with one attached hydrogen (secondary N) is 1. The average molecular weight is 270 g/mol. The molecule has 0 aliphatic rings. The molecule has 0 saturated carbocycles. The molecule has 0 saturated heterocycles. The lowest BCUT2D eigenvalue weighted by Gasteiger charge is -2.19. The molecule has 0 spiro atoms. The zero-order valence-electron chi connectivity index (χ0n) is 11.1. The first-order valence-corrected chi connectivity index (χ1v) is 6.48. The van der Waals surface area contributed by atoms with Gasteiger partial charge in [-0.15, -0.1) is 0 Å². The Bertz CT molecular complexity index is 435. The summed E-state index contributed by atoms with van der Waals surface area (Å²) in [5.74, 6) is -0.0170. The molecule has 1 aromatic heterocycles. The first kappa shape index (κ1) is 14.6. The Morgan fingerprint density at radius 1 is 1.44 bits per heavy atom. The lowest BCUT2D eigenvalue weighted by atomic mass is 10.2. The molecule has 0 radical (unpaired) electrons. The zero-order valence-corrected chi connectivity index (χ0v) is 11.9. The molecule has 100 valence electrons. The molecule has 5 nitrogen and oxygen atoms in total. The fourth-order valence-corrected chi connectivity index (χ4v) is 1.93. The second kappa shape index (κ2) is 5.95. The highest BCUT2D eigenvalue weighted by Gasteiger charge is 2.16. The number of aryl methyl sites for hydroxylation is 1. The number of nitrogens with zero attached hydrogens (tertiary/aromatic N) is 1. The smallest absolute Gasteiger partial charge is 0.407 e. The Labute approximate surface area is 111 Å². The average Bonchev–Trinajstić information content (AvgIpc) is 2.62. The van der Waals surface area contributed by atoms with E-state index in [-0.39, 0.29) is 18.7 Å². The number of aromatic nitrogens is 1. The van der Waals surface area contributed by atoms with Gasteiger partial charge in [0.05, 0.1) is 10.6 Å². The van der Waals surface area contributed by atoms with E-state index in [1.54, 1.807) is 26.8 Å². The van der Waals surface area contributed by atoms with Crippen molar-refractivity contribution in [2.75, 3.05) is 6.54 Å². The van der Waals surface area contributed by atoms with Gasteiger partial charge >= 0.3 is 6.09 Å². The van der Waals surface area contributed by atoms with Gasteiger partial charge in [-0.1, -0.05) is 0 Å². The molecule has 18 heavy (non-hydrogen) atoms. The summed E-state index contributed by atoms with van der Waals surface area (Å²) in [5.41, 5.74) is 0.312. The number of hydrogen-bond donors (Lipinski definition) is 1. The Hall–Kier alpha value is -1.43. The van der Waals surface area contributed by atoms with Gasteiger partial charge in [-0.2, -0.15) is 4.37 Å². The SMILES string of the molecule is Cc1cc(C(=O)CCNC(=O)OC(C)(C)C)sn1. The lowest BCUT2D eigenvalue weighted by molar-refractivity contribution is 0.0527. The third-order valence-corrected chi connectivity index (χ3v) is 2.84. The highest BCUT2D eigenvalue weighted by molar-refractivity contribution is 7.08. The predicted octanol–water partition coefficient (Wildman–Crippen LogP) is 2.55. The van der Waals surface area contributed by atoms with Crippen molar-refractivity contribution in [1.29, 1.82) is 0 Å². The van der Waals surface area contributed by atoms with Crippen molar-refractivity contribution in [1.82, 2.24) is 9.69 Å². The maximum absolute atomic E-state index is 11.7. The Morgan fingerprint density at radius 2 is 2.11 bits per heavy atom. The second-order valence-electron chi connectivity index (χ2n) is 4.93. The van der Waals surface area contributed by atoms with E-state index in [4.69, 9.17) is 4.74 Å². The first-order valence-electron chi connectivity index (χ1n) is 5.71. The monoisotopic (exact) mass is 270 g/mol. The first-order chi connectivity index (χ1) is 8.28. The molecule has 0 aromatic carbocycles. The summed E-state index contributed by atoms with van der Waals surface area (Å²) in [5, 5.41) is 2.55. The van der Waals surface area contributed by atoms with Crippen molar-refractivity contribution in [2.24, 2.45) is 0 Å². The van der Waals surface area contributed by atoms with Gasteiger partial charge in [0.15, 0.2) is 5.78 Å². The highest BCUT2D eigenvalue weighted by Crippen LogP contribution is 2.11. The number of carbonyl (C=O) groups is 2. The number of amides is 1. The number of Topliss-reactive ketones (excluding diaryl/α,β-unsaturated/α-hetero) is 1. The molecular formula is C12H18N2O3S. The molecule has 1 aromatic rings. The quantitative estimate of drug-likeness (QED) is 0.854. The van der Waals surface area contributed by atoms with Crippen LogP contribution in [0.2, 0.25) is 0 Å². The molecule has 1 rings (SSSR count). The molecule has 1 amide bonds. The van der Waals surface area contributed by atoms with Crippen LogP contribution in [0.3, 0.4) is 0 Å². The lowest BCUT2D eigenvalue weighted by Crippen LogP contribution is -2.33. The summed E-state index contributed by atoms with van der Waals surface area (Å²) in [6.07, 6.45) is -0.253. The number of hydrogen-bond acceptors (Lipinski definition) is 5. The Morgan fingerprint density at radius 3 is 2.61 bits per heavy atom. The summed E-state index contributed by atoms with van der Waals surface area (Å²) < 4.78 is 9.10. The van der Waals surface area contributed by atoms with Crippen LogP contribution in [0.4, 0.5) is 4.79 Å². The van der Waals surface area contributed by atoms with E-state index in [0.29, 0.717) is 4.88 Å². The van der Waals surface area contributed by atoms with Crippen LogP contribution < -0.4 is 5.32 Å². The molecule has 1 heterocycles. The van der Waals surface area contributed by atoms with Crippen LogP contribution in [0.15, 0.2) is 6.07 Å². The molecule has 6 heteroatoms. The van der Waals surface area contributed by atoms with Crippen molar-refractivity contribution in [2.45, 2.75) is 39.7 Å². The maximum atomic E-state index is 11.7. The van der Waals surface area contributed by atoms with E-state index < -0.39 is 11.7 Å². The highest BCUT2D eigenvalue weighted by atomic mass is 32.1. The minimum atomic E-state index is -0.525. The van der Waals surface area contributed by atoms with Crippen LogP contribution in [0.1, 0.15) is 42.6 Å². The van der Waals surface area contributed by atoms with Crippen molar-refractivity contribution in [3.05, 3.63) is 16.6 Å². The van der Waals surface area contributed by atoms with Gasteiger partial charge in [-0.3, -0.25) is 4.79 Å². The van der Waals surface area contributed by atoms with E-state index in [0.717, 1.165) is 5.69 Å². The van der Waals surface area contributed by atoms with Crippen LogP contribution in [-0.4, -0.2) is 28.4 Å². The minimum absolute atomic E-state index is 0.0170. The summed E-state index contributed by atoms with van der Waals surface area (Å²) in [6.45, 7) is 7.48. The number of rotatable bonds is 4. The fourth-order valence-electron chi connectivity index (χ4n) is 1.21. The third kappa shape index (κ3) is 5.27. The molecular weight excluding hydrogens is 252 g/mol. The van der Waals surface area contributed by atoms with Crippen molar-refractivity contribution in [3.63, 3.8) is 0 Å². The van der Waals surface area contributed by atoms with Crippen LogP contribution >= 0.6 is 11.5 Å².